The van der Waals surface area contributed by atoms with Gasteiger partial charge in [-0.3, -0.25) is 4.57 Å². The number of para-hydroxylation sites is 3. The molecule has 0 bridgehead atoms. The molecule has 0 saturated heterocycles. The lowest BCUT2D eigenvalue weighted by Crippen LogP contribution is -2.13. The monoisotopic (exact) mass is 638 g/mol. The molecular weight excluding hydrogens is 601 g/mol. The molecule has 5 nitrogen and oxygen atoms in total. The minimum absolute atomic E-state index is 0.00512. The van der Waals surface area contributed by atoms with Crippen molar-refractivity contribution in [3.05, 3.63) is 138 Å². The van der Waals surface area contributed by atoms with Gasteiger partial charge in [-0.05, 0) is 64.4 Å². The van der Waals surface area contributed by atoms with E-state index in [0.29, 0.717) is 17.2 Å². The SMILES string of the molecule is CC(C)(C)c1cccc(-n2c3ccccc3c3cc(C#N)c(Oc4cc(C(C)(C)C)cc(-n5c6ccccc6c6ccccc65)n4)cc32)c1. The Bertz CT molecular complexity index is 2560. The lowest BCUT2D eigenvalue weighted by Gasteiger charge is -2.22. The van der Waals surface area contributed by atoms with E-state index in [9.17, 15) is 5.26 Å². The molecule has 3 aromatic heterocycles. The first-order valence-corrected chi connectivity index (χ1v) is 16.8. The van der Waals surface area contributed by atoms with Gasteiger partial charge in [-0.1, -0.05) is 108 Å². The van der Waals surface area contributed by atoms with Gasteiger partial charge in [0.2, 0.25) is 5.88 Å². The first kappa shape index (κ1) is 30.5. The molecule has 240 valence electrons. The Morgan fingerprint density at radius 2 is 1.12 bits per heavy atom. The first-order valence-electron chi connectivity index (χ1n) is 16.8. The summed E-state index contributed by atoms with van der Waals surface area (Å²) in [5, 5.41) is 14.9. The zero-order valence-electron chi connectivity index (χ0n) is 28.7. The van der Waals surface area contributed by atoms with E-state index in [1.807, 2.05) is 24.3 Å². The summed E-state index contributed by atoms with van der Waals surface area (Å²) in [5.41, 5.74) is 7.88. The molecule has 0 radical (unpaired) electrons. The summed E-state index contributed by atoms with van der Waals surface area (Å²) in [6.07, 6.45) is 0. The van der Waals surface area contributed by atoms with Gasteiger partial charge >= 0.3 is 0 Å². The van der Waals surface area contributed by atoms with Crippen LogP contribution < -0.4 is 4.74 Å². The molecule has 5 heteroatoms. The standard InChI is InChI=1S/C44H38N4O/c1-43(2,3)29-14-13-15-31(23-29)47-36-19-10-9-18-34(36)35-22-28(27-45)40(26-39(35)47)49-42-25-30(44(4,5)6)24-41(46-42)48-37-20-11-7-16-32(37)33-17-8-12-21-38(33)48/h7-26H,1-6H3. The summed E-state index contributed by atoms with van der Waals surface area (Å²) in [4.78, 5) is 5.13. The topological polar surface area (TPSA) is 55.8 Å². The van der Waals surface area contributed by atoms with Crippen molar-refractivity contribution in [2.75, 3.05) is 0 Å². The molecule has 49 heavy (non-hydrogen) atoms. The fourth-order valence-corrected chi connectivity index (χ4v) is 6.93. The van der Waals surface area contributed by atoms with Crippen LogP contribution in [-0.4, -0.2) is 14.1 Å². The van der Waals surface area contributed by atoms with Crippen LogP contribution in [0.15, 0.2) is 121 Å². The van der Waals surface area contributed by atoms with Crippen molar-refractivity contribution in [2.24, 2.45) is 0 Å². The van der Waals surface area contributed by atoms with Crippen LogP contribution >= 0.6 is 0 Å². The molecule has 0 spiro atoms. The fourth-order valence-electron chi connectivity index (χ4n) is 6.93. The van der Waals surface area contributed by atoms with E-state index in [1.54, 1.807) is 0 Å². The number of hydrogen-bond acceptors (Lipinski definition) is 3. The lowest BCUT2D eigenvalue weighted by atomic mass is 9.87. The minimum atomic E-state index is -0.179. The average molecular weight is 639 g/mol. The van der Waals surface area contributed by atoms with Crippen LogP contribution in [0.4, 0.5) is 0 Å². The van der Waals surface area contributed by atoms with E-state index in [-0.39, 0.29) is 10.8 Å². The Labute approximate surface area is 286 Å². The number of hydrogen-bond donors (Lipinski definition) is 0. The number of pyridine rings is 1. The molecule has 0 aliphatic rings. The number of benzene rings is 5. The largest absolute Gasteiger partial charge is 0.437 e. The molecule has 0 fully saturated rings. The Balaban J connectivity index is 1.35. The molecule has 0 aliphatic carbocycles. The van der Waals surface area contributed by atoms with Gasteiger partial charge in [-0.15, -0.1) is 0 Å². The average Bonchev–Trinajstić information content (AvgIpc) is 3.59. The predicted octanol–water partition coefficient (Wildman–Crippen LogP) is 11.5. The molecule has 0 unspecified atom stereocenters. The number of nitrogens with zero attached hydrogens (tertiary/aromatic N) is 4. The van der Waals surface area contributed by atoms with Gasteiger partial charge in [0.15, 0.2) is 0 Å². The summed E-state index contributed by atoms with van der Waals surface area (Å²) in [6, 6.07) is 44.5. The van der Waals surface area contributed by atoms with E-state index in [2.05, 4.69) is 154 Å². The maximum Gasteiger partial charge on any atom is 0.221 e. The summed E-state index contributed by atoms with van der Waals surface area (Å²) >= 11 is 0. The molecule has 8 rings (SSSR count). The highest BCUT2D eigenvalue weighted by molar-refractivity contribution is 6.10. The number of nitriles is 1. The fraction of sp³-hybridized carbons (Fsp3) is 0.182. The van der Waals surface area contributed by atoms with E-state index < -0.39 is 0 Å². The van der Waals surface area contributed by atoms with Crippen LogP contribution in [0.3, 0.4) is 0 Å². The van der Waals surface area contributed by atoms with Crippen LogP contribution in [0, 0.1) is 11.3 Å². The van der Waals surface area contributed by atoms with Gasteiger partial charge in [0.25, 0.3) is 0 Å². The van der Waals surface area contributed by atoms with Crippen LogP contribution in [0.5, 0.6) is 11.6 Å². The Morgan fingerprint density at radius 3 is 1.71 bits per heavy atom. The van der Waals surface area contributed by atoms with Crippen molar-refractivity contribution in [1.82, 2.24) is 14.1 Å². The van der Waals surface area contributed by atoms with Crippen molar-refractivity contribution >= 4 is 43.6 Å². The zero-order valence-corrected chi connectivity index (χ0v) is 28.7. The molecule has 0 amide bonds. The van der Waals surface area contributed by atoms with Crippen LogP contribution in [0.1, 0.15) is 58.2 Å². The molecule has 0 atom stereocenters. The normalized spacial score (nSPS) is 12.3. The van der Waals surface area contributed by atoms with E-state index in [4.69, 9.17) is 9.72 Å². The van der Waals surface area contributed by atoms with Crippen LogP contribution in [0.2, 0.25) is 0 Å². The highest BCUT2D eigenvalue weighted by atomic mass is 16.5. The van der Waals surface area contributed by atoms with Crippen LogP contribution in [0.25, 0.3) is 55.1 Å². The van der Waals surface area contributed by atoms with Crippen molar-refractivity contribution in [3.8, 4) is 29.2 Å². The number of ether oxygens (including phenoxy) is 1. The molecule has 5 aromatic carbocycles. The molecule has 3 heterocycles. The first-order chi connectivity index (χ1) is 23.5. The minimum Gasteiger partial charge on any atom is -0.437 e. The second-order valence-corrected chi connectivity index (χ2v) is 14.9. The zero-order chi connectivity index (χ0) is 34.1. The molecular formula is C44H38N4O. The van der Waals surface area contributed by atoms with Crippen molar-refractivity contribution in [3.63, 3.8) is 0 Å². The number of fused-ring (bicyclic) bond motifs is 6. The third kappa shape index (κ3) is 5.12. The number of aromatic nitrogens is 3. The second kappa shape index (κ2) is 11.1. The Morgan fingerprint density at radius 1 is 0.551 bits per heavy atom. The highest BCUT2D eigenvalue weighted by Gasteiger charge is 2.22. The smallest absolute Gasteiger partial charge is 0.221 e. The van der Waals surface area contributed by atoms with Crippen molar-refractivity contribution in [2.45, 2.75) is 52.4 Å². The highest BCUT2D eigenvalue weighted by Crippen LogP contribution is 2.39. The molecule has 0 N–H and O–H groups in total. The van der Waals surface area contributed by atoms with Gasteiger partial charge in [0, 0.05) is 39.4 Å². The van der Waals surface area contributed by atoms with Crippen LogP contribution in [-0.2, 0) is 10.8 Å². The van der Waals surface area contributed by atoms with Crippen molar-refractivity contribution in [1.29, 1.82) is 5.26 Å². The molecule has 0 aliphatic heterocycles. The number of rotatable bonds is 4. The Kier molecular flexibility index (Phi) is 6.91. The van der Waals surface area contributed by atoms with Gasteiger partial charge < -0.3 is 9.30 Å². The summed E-state index contributed by atoms with van der Waals surface area (Å²) in [5.74, 6) is 1.68. The molecule has 8 aromatic rings. The molecule has 0 saturated carbocycles. The second-order valence-electron chi connectivity index (χ2n) is 14.9. The third-order valence-corrected chi connectivity index (χ3v) is 9.54. The maximum absolute atomic E-state index is 10.4. The Hall–Kier alpha value is -5.86. The quantitative estimate of drug-likeness (QED) is 0.193. The van der Waals surface area contributed by atoms with E-state index >= 15 is 0 Å². The van der Waals surface area contributed by atoms with Gasteiger partial charge in [0.05, 0.1) is 27.6 Å². The summed E-state index contributed by atoms with van der Waals surface area (Å²) in [6.45, 7) is 13.3. The van der Waals surface area contributed by atoms with E-state index in [1.165, 1.54) is 16.3 Å². The van der Waals surface area contributed by atoms with Gasteiger partial charge in [-0.25, -0.2) is 0 Å². The van der Waals surface area contributed by atoms with Crippen molar-refractivity contribution < 1.29 is 4.74 Å². The van der Waals surface area contributed by atoms with E-state index in [0.717, 1.165) is 49.9 Å². The summed E-state index contributed by atoms with van der Waals surface area (Å²) < 4.78 is 11.2. The predicted molar refractivity (Wildman–Crippen MR) is 202 cm³/mol. The third-order valence-electron chi connectivity index (χ3n) is 9.54. The van der Waals surface area contributed by atoms with Gasteiger partial charge in [0.1, 0.15) is 17.6 Å². The van der Waals surface area contributed by atoms with Gasteiger partial charge in [-0.2, -0.15) is 10.2 Å². The lowest BCUT2D eigenvalue weighted by molar-refractivity contribution is 0.457. The summed E-state index contributed by atoms with van der Waals surface area (Å²) in [7, 11) is 0. The maximum atomic E-state index is 10.4.